The molecule has 1 saturated carbocycles. The third kappa shape index (κ3) is 11.8. The first kappa shape index (κ1) is 36.6. The van der Waals surface area contributed by atoms with Crippen LogP contribution in [-0.2, 0) is 19.3 Å². The normalized spacial score (nSPS) is 22.9. The lowest BCUT2D eigenvalue weighted by molar-refractivity contribution is -0.142. The minimum Gasteiger partial charge on any atom is -0.508 e. The third-order valence-electron chi connectivity index (χ3n) is 9.20. The summed E-state index contributed by atoms with van der Waals surface area (Å²) in [5.74, 6) is 1.69. The molecule has 5 rings (SSSR count). The van der Waals surface area contributed by atoms with Gasteiger partial charge in [0.1, 0.15) is 5.75 Å². The van der Waals surface area contributed by atoms with Crippen LogP contribution in [0.1, 0.15) is 101 Å². The van der Waals surface area contributed by atoms with E-state index in [0.717, 1.165) is 50.3 Å². The van der Waals surface area contributed by atoms with Crippen LogP contribution in [0, 0.1) is 25.7 Å². The molecule has 0 spiro atoms. The number of rotatable bonds is 5. The van der Waals surface area contributed by atoms with Gasteiger partial charge in [0.15, 0.2) is 0 Å². The molecule has 1 aliphatic carbocycles. The molecule has 3 nitrogen and oxygen atoms in total. The number of piperidine rings is 1. The van der Waals surface area contributed by atoms with Crippen LogP contribution >= 0.6 is 0 Å². The Balaban J connectivity index is 0.000000244. The zero-order valence-corrected chi connectivity index (χ0v) is 28.6. The van der Waals surface area contributed by atoms with Crippen LogP contribution in [0.2, 0.25) is 0 Å². The molecule has 0 radical (unpaired) electrons. The van der Waals surface area contributed by atoms with Crippen molar-refractivity contribution in [3.05, 3.63) is 101 Å². The number of hydrogen-bond acceptors (Lipinski definition) is 3. The molecule has 1 saturated heterocycles. The van der Waals surface area contributed by atoms with E-state index in [1.165, 1.54) is 47.9 Å². The summed E-state index contributed by atoms with van der Waals surface area (Å²) < 4.78 is 0. The number of phenols is 1. The average Bonchev–Trinajstić information content (AvgIpc) is 3.01. The van der Waals surface area contributed by atoms with E-state index in [0.29, 0.717) is 17.7 Å². The Morgan fingerprint density at radius 1 is 0.791 bits per heavy atom. The Morgan fingerprint density at radius 3 is 1.98 bits per heavy atom. The molecule has 0 aromatic heterocycles. The van der Waals surface area contributed by atoms with Crippen LogP contribution in [0.3, 0.4) is 0 Å². The topological polar surface area (TPSA) is 43.7 Å². The van der Waals surface area contributed by atoms with Gasteiger partial charge >= 0.3 is 0 Å². The molecular weight excluding hydrogens is 526 g/mol. The van der Waals surface area contributed by atoms with E-state index in [-0.39, 0.29) is 0 Å². The lowest BCUT2D eigenvalue weighted by Gasteiger charge is -2.53. The number of nitrogens with zero attached hydrogens (tertiary/aromatic N) is 1. The summed E-state index contributed by atoms with van der Waals surface area (Å²) in [6.45, 7) is 19.3. The summed E-state index contributed by atoms with van der Waals surface area (Å²) in [4.78, 5) is 2.51. The van der Waals surface area contributed by atoms with Crippen molar-refractivity contribution in [2.24, 2.45) is 11.8 Å². The number of fused-ring (bicyclic) bond motifs is 1. The Bertz CT molecular complexity index is 1160. The Kier molecular flexibility index (Phi) is 16.1. The molecule has 3 heteroatoms. The van der Waals surface area contributed by atoms with Gasteiger partial charge in [0.25, 0.3) is 0 Å². The van der Waals surface area contributed by atoms with Gasteiger partial charge in [-0.15, -0.1) is 0 Å². The number of benzene rings is 3. The number of aromatic hydroxyl groups is 1. The van der Waals surface area contributed by atoms with Crippen molar-refractivity contribution in [1.29, 1.82) is 0 Å². The van der Waals surface area contributed by atoms with E-state index in [9.17, 15) is 5.11 Å². The average molecular weight is 588 g/mol. The molecule has 3 unspecified atom stereocenters. The largest absolute Gasteiger partial charge is 0.508 e. The predicted molar refractivity (Wildman–Crippen MR) is 186 cm³/mol. The quantitative estimate of drug-likeness (QED) is 0.312. The van der Waals surface area contributed by atoms with E-state index >= 15 is 0 Å². The zero-order valence-electron chi connectivity index (χ0n) is 28.6. The van der Waals surface area contributed by atoms with Crippen molar-refractivity contribution in [2.75, 3.05) is 13.1 Å². The van der Waals surface area contributed by atoms with Gasteiger partial charge in [-0.05, 0) is 112 Å². The number of hydrogen-bond donors (Lipinski definition) is 2. The monoisotopic (exact) mass is 587 g/mol. The van der Waals surface area contributed by atoms with Crippen LogP contribution in [0.15, 0.2) is 72.8 Å². The van der Waals surface area contributed by atoms with E-state index in [1.54, 1.807) is 6.07 Å². The summed E-state index contributed by atoms with van der Waals surface area (Å²) >= 11 is 0. The van der Waals surface area contributed by atoms with E-state index in [4.69, 9.17) is 5.11 Å². The Morgan fingerprint density at radius 2 is 1.40 bits per heavy atom. The number of aryl methyl sites for hydroxylation is 4. The molecular formula is C40H61NO2. The first-order valence-electron chi connectivity index (χ1n) is 16.9. The highest BCUT2D eigenvalue weighted by molar-refractivity contribution is 5.34. The predicted octanol–water partition coefficient (Wildman–Crippen LogP) is 9.73. The molecule has 0 bridgehead atoms. The SMILES string of the molecule is CC1CCC2(O)C(CCN(CCc3ccccc3)[C@@H]2C)C1.CCC.CCc1ccc(C)cc1.CCc1ccc(O)c(C)c1. The van der Waals surface area contributed by atoms with Gasteiger partial charge in [-0.2, -0.15) is 0 Å². The highest BCUT2D eigenvalue weighted by atomic mass is 16.3. The van der Waals surface area contributed by atoms with Gasteiger partial charge in [0.2, 0.25) is 0 Å². The molecule has 2 N–H and O–H groups in total. The minimum atomic E-state index is -0.443. The summed E-state index contributed by atoms with van der Waals surface area (Å²) in [5, 5.41) is 20.3. The maximum absolute atomic E-state index is 11.2. The second-order valence-corrected chi connectivity index (χ2v) is 12.8. The van der Waals surface area contributed by atoms with Crippen molar-refractivity contribution in [3.8, 4) is 5.75 Å². The van der Waals surface area contributed by atoms with Crippen molar-refractivity contribution in [1.82, 2.24) is 4.90 Å². The Labute approximate surface area is 264 Å². The van der Waals surface area contributed by atoms with E-state index in [1.807, 2.05) is 19.1 Å². The lowest BCUT2D eigenvalue weighted by Crippen LogP contribution is -2.62. The highest BCUT2D eigenvalue weighted by Crippen LogP contribution is 2.45. The standard InChI is InChI=1S/C19H29NO.C9H12O.C9H12.C3H8/c1-15-8-11-19(21)16(2)20(13-10-18(19)14-15)12-9-17-6-4-3-5-7-17;1-3-8-4-5-9(10)7(2)6-8;1-3-9-6-4-8(2)5-7-9;1-3-2/h3-7,15-16,18,21H,8-14H2,1-2H3;4-6,10H,3H2,1-2H3;4-7H,3H2,1-2H3;3H2,1-2H3/t15?,16-,18?,19?;;;/m1.../s1. The van der Waals surface area contributed by atoms with Crippen molar-refractivity contribution in [2.45, 2.75) is 118 Å². The molecule has 2 fully saturated rings. The lowest BCUT2D eigenvalue weighted by atomic mass is 9.65. The fourth-order valence-corrected chi connectivity index (χ4v) is 6.22. The molecule has 238 valence electrons. The summed E-state index contributed by atoms with van der Waals surface area (Å²) in [6.07, 6.45) is 9.06. The molecule has 2 aliphatic rings. The van der Waals surface area contributed by atoms with Crippen LogP contribution in [0.4, 0.5) is 0 Å². The molecule has 1 heterocycles. The van der Waals surface area contributed by atoms with Crippen LogP contribution in [-0.4, -0.2) is 39.8 Å². The highest BCUT2D eigenvalue weighted by Gasteiger charge is 2.49. The van der Waals surface area contributed by atoms with Crippen molar-refractivity contribution >= 4 is 0 Å². The maximum Gasteiger partial charge on any atom is 0.118 e. The summed E-state index contributed by atoms with van der Waals surface area (Å²) in [7, 11) is 0. The Hall–Kier alpha value is -2.62. The second-order valence-electron chi connectivity index (χ2n) is 12.8. The van der Waals surface area contributed by atoms with Gasteiger partial charge in [-0.25, -0.2) is 0 Å². The molecule has 4 atom stereocenters. The third-order valence-corrected chi connectivity index (χ3v) is 9.20. The van der Waals surface area contributed by atoms with E-state index in [2.05, 4.69) is 108 Å². The number of phenolic OH excluding ortho intramolecular Hbond substituents is 1. The zero-order chi connectivity index (χ0) is 31.8. The molecule has 3 aromatic rings. The molecule has 0 amide bonds. The van der Waals surface area contributed by atoms with Crippen LogP contribution < -0.4 is 0 Å². The first-order chi connectivity index (χ1) is 20.6. The van der Waals surface area contributed by atoms with Gasteiger partial charge < -0.3 is 10.2 Å². The molecule has 3 aromatic carbocycles. The van der Waals surface area contributed by atoms with Crippen LogP contribution in [0.5, 0.6) is 5.75 Å². The summed E-state index contributed by atoms with van der Waals surface area (Å²) in [6, 6.07) is 25.4. The summed E-state index contributed by atoms with van der Waals surface area (Å²) in [5.41, 5.74) is 5.94. The first-order valence-corrected chi connectivity index (χ1v) is 16.9. The van der Waals surface area contributed by atoms with Crippen molar-refractivity contribution in [3.63, 3.8) is 0 Å². The molecule has 1 aliphatic heterocycles. The van der Waals surface area contributed by atoms with Crippen LogP contribution in [0.25, 0.3) is 0 Å². The maximum atomic E-state index is 11.2. The minimum absolute atomic E-state index is 0.299. The van der Waals surface area contributed by atoms with Crippen molar-refractivity contribution < 1.29 is 10.2 Å². The van der Waals surface area contributed by atoms with Gasteiger partial charge in [-0.3, -0.25) is 4.90 Å². The van der Waals surface area contributed by atoms with Gasteiger partial charge in [0.05, 0.1) is 5.60 Å². The van der Waals surface area contributed by atoms with E-state index < -0.39 is 5.60 Å². The van der Waals surface area contributed by atoms with Gasteiger partial charge in [-0.1, -0.05) is 113 Å². The number of aliphatic hydroxyl groups is 1. The number of likely N-dealkylation sites (tertiary alicyclic amines) is 1. The fourth-order valence-electron chi connectivity index (χ4n) is 6.22. The van der Waals surface area contributed by atoms with Gasteiger partial charge in [0, 0.05) is 12.6 Å². The second kappa shape index (κ2) is 18.9. The molecule has 43 heavy (non-hydrogen) atoms. The fraction of sp³-hybridized carbons (Fsp3) is 0.550. The smallest absolute Gasteiger partial charge is 0.118 e.